The van der Waals surface area contributed by atoms with E-state index in [0.717, 1.165) is 16.7 Å². The fourth-order valence-corrected chi connectivity index (χ4v) is 3.56. The van der Waals surface area contributed by atoms with Crippen LogP contribution >= 0.6 is 0 Å². The zero-order valence-corrected chi connectivity index (χ0v) is 18.7. The van der Waals surface area contributed by atoms with E-state index in [0.29, 0.717) is 18.0 Å². The van der Waals surface area contributed by atoms with Gasteiger partial charge in [0.05, 0.1) is 18.4 Å². The molecule has 0 saturated heterocycles. The number of benzene rings is 3. The van der Waals surface area contributed by atoms with E-state index in [4.69, 9.17) is 4.74 Å². The second-order valence-electron chi connectivity index (χ2n) is 7.91. The van der Waals surface area contributed by atoms with E-state index in [1.54, 1.807) is 46.2 Å². The Kier molecular flexibility index (Phi) is 6.34. The number of nitrogens with one attached hydrogen (secondary N) is 1. The molecule has 174 valence electrons. The van der Waals surface area contributed by atoms with Gasteiger partial charge in [-0.1, -0.05) is 54.6 Å². The van der Waals surface area contributed by atoms with Crippen molar-refractivity contribution < 1.29 is 13.9 Å². The first kappa shape index (κ1) is 22.1. The molecule has 1 amide bonds. The van der Waals surface area contributed by atoms with Gasteiger partial charge in [0.15, 0.2) is 12.4 Å². The molecule has 0 radical (unpaired) electrons. The average molecular weight is 468 g/mol. The van der Waals surface area contributed by atoms with Crippen molar-refractivity contribution >= 4 is 11.6 Å². The second kappa shape index (κ2) is 10.0. The van der Waals surface area contributed by atoms with Gasteiger partial charge in [-0.25, -0.2) is 9.07 Å². The first-order valence-corrected chi connectivity index (χ1v) is 11.0. The van der Waals surface area contributed by atoms with Gasteiger partial charge in [-0.15, -0.1) is 0 Å². The van der Waals surface area contributed by atoms with E-state index in [1.165, 1.54) is 12.1 Å². The third-order valence-corrected chi connectivity index (χ3v) is 5.35. The van der Waals surface area contributed by atoms with Crippen molar-refractivity contribution in [3.05, 3.63) is 121 Å². The lowest BCUT2D eigenvalue weighted by atomic mass is 10.1. The summed E-state index contributed by atoms with van der Waals surface area (Å²) in [4.78, 5) is 12.6. The number of ether oxygens (including phenoxy) is 1. The third-order valence-electron chi connectivity index (χ3n) is 5.35. The van der Waals surface area contributed by atoms with Crippen LogP contribution in [0.4, 0.5) is 10.1 Å². The third kappa shape index (κ3) is 5.62. The molecule has 0 unspecified atom stereocenters. The number of anilines is 1. The lowest BCUT2D eigenvalue weighted by molar-refractivity contribution is 0.102. The second-order valence-corrected chi connectivity index (χ2v) is 7.91. The Hall–Kier alpha value is -4.72. The van der Waals surface area contributed by atoms with Crippen molar-refractivity contribution in [2.75, 3.05) is 5.32 Å². The summed E-state index contributed by atoms with van der Waals surface area (Å²) in [7, 11) is 0. The molecule has 0 spiro atoms. The average Bonchev–Trinajstić information content (AvgIpc) is 3.55. The van der Waals surface area contributed by atoms with E-state index in [2.05, 4.69) is 27.6 Å². The van der Waals surface area contributed by atoms with Gasteiger partial charge in [0, 0.05) is 12.4 Å². The SMILES string of the molecule is O=C(Nc1cnn(Cc2ccc(F)cc2)c1)c1ccn(COc2ccc(-c3ccccc3)cc2)n1. The minimum atomic E-state index is -0.350. The molecule has 1 N–H and O–H groups in total. The van der Waals surface area contributed by atoms with Crippen molar-refractivity contribution in [2.24, 2.45) is 0 Å². The highest BCUT2D eigenvalue weighted by Crippen LogP contribution is 2.22. The van der Waals surface area contributed by atoms with Gasteiger partial charge in [-0.2, -0.15) is 10.2 Å². The molecule has 35 heavy (non-hydrogen) atoms. The van der Waals surface area contributed by atoms with E-state index < -0.39 is 0 Å². The number of nitrogens with zero attached hydrogens (tertiary/aromatic N) is 4. The number of carbonyl (C=O) groups excluding carboxylic acids is 1. The summed E-state index contributed by atoms with van der Waals surface area (Å²) >= 11 is 0. The zero-order chi connectivity index (χ0) is 24.0. The van der Waals surface area contributed by atoms with Crippen LogP contribution in [0, 0.1) is 5.82 Å². The molecule has 0 saturated carbocycles. The maximum Gasteiger partial charge on any atom is 0.276 e. The topological polar surface area (TPSA) is 74.0 Å². The van der Waals surface area contributed by atoms with Crippen molar-refractivity contribution in [1.82, 2.24) is 19.6 Å². The van der Waals surface area contributed by atoms with Crippen LogP contribution in [-0.2, 0) is 13.3 Å². The molecule has 7 nitrogen and oxygen atoms in total. The summed E-state index contributed by atoms with van der Waals surface area (Å²) in [5, 5.41) is 11.3. The summed E-state index contributed by atoms with van der Waals surface area (Å²) < 4.78 is 22.1. The molecular formula is C27H22FN5O2. The minimum absolute atomic E-state index is 0.174. The van der Waals surface area contributed by atoms with Crippen LogP contribution in [0.3, 0.4) is 0 Å². The first-order chi connectivity index (χ1) is 17.1. The van der Waals surface area contributed by atoms with Crippen LogP contribution < -0.4 is 10.1 Å². The minimum Gasteiger partial charge on any atom is -0.471 e. The molecular weight excluding hydrogens is 445 g/mol. The van der Waals surface area contributed by atoms with Gasteiger partial charge < -0.3 is 10.1 Å². The number of hydrogen-bond donors (Lipinski definition) is 1. The lowest BCUT2D eigenvalue weighted by Crippen LogP contribution is -2.14. The highest BCUT2D eigenvalue weighted by atomic mass is 19.1. The number of carbonyl (C=O) groups is 1. The molecule has 0 aliphatic carbocycles. The largest absolute Gasteiger partial charge is 0.471 e. The normalized spacial score (nSPS) is 10.8. The highest BCUT2D eigenvalue weighted by Gasteiger charge is 2.11. The number of aromatic nitrogens is 4. The zero-order valence-electron chi connectivity index (χ0n) is 18.7. The van der Waals surface area contributed by atoms with Crippen LogP contribution in [0.2, 0.25) is 0 Å². The molecule has 0 bridgehead atoms. The fraction of sp³-hybridized carbons (Fsp3) is 0.0741. The molecule has 8 heteroatoms. The number of hydrogen-bond acceptors (Lipinski definition) is 4. The monoisotopic (exact) mass is 467 g/mol. The smallest absolute Gasteiger partial charge is 0.276 e. The highest BCUT2D eigenvalue weighted by molar-refractivity contribution is 6.02. The van der Waals surface area contributed by atoms with Crippen LogP contribution in [0.15, 0.2) is 104 Å². The van der Waals surface area contributed by atoms with Gasteiger partial charge in [-0.05, 0) is 47.0 Å². The quantitative estimate of drug-likeness (QED) is 0.339. The number of halogens is 1. The van der Waals surface area contributed by atoms with Crippen LogP contribution in [0.1, 0.15) is 16.1 Å². The molecule has 0 aliphatic rings. The first-order valence-electron chi connectivity index (χ1n) is 11.0. The van der Waals surface area contributed by atoms with Crippen molar-refractivity contribution in [1.29, 1.82) is 0 Å². The van der Waals surface area contributed by atoms with Crippen LogP contribution in [0.25, 0.3) is 11.1 Å². The van der Waals surface area contributed by atoms with Crippen LogP contribution in [-0.4, -0.2) is 25.5 Å². The molecule has 0 aliphatic heterocycles. The van der Waals surface area contributed by atoms with Gasteiger partial charge >= 0.3 is 0 Å². The van der Waals surface area contributed by atoms with Crippen molar-refractivity contribution in [3.63, 3.8) is 0 Å². The molecule has 5 aromatic rings. The maximum atomic E-state index is 13.1. The molecule has 0 atom stereocenters. The van der Waals surface area contributed by atoms with Crippen molar-refractivity contribution in [2.45, 2.75) is 13.3 Å². The van der Waals surface area contributed by atoms with E-state index in [-0.39, 0.29) is 24.1 Å². The predicted molar refractivity (Wildman–Crippen MR) is 130 cm³/mol. The fourth-order valence-electron chi connectivity index (χ4n) is 3.56. The van der Waals surface area contributed by atoms with Gasteiger partial charge in [0.1, 0.15) is 11.6 Å². The van der Waals surface area contributed by atoms with E-state index in [9.17, 15) is 9.18 Å². The Balaban J connectivity index is 1.14. The van der Waals surface area contributed by atoms with Crippen LogP contribution in [0.5, 0.6) is 5.75 Å². The summed E-state index contributed by atoms with van der Waals surface area (Å²) in [5.74, 6) is 0.0741. The predicted octanol–water partition coefficient (Wildman–Crippen LogP) is 5.22. The molecule has 0 fully saturated rings. The Bertz CT molecular complexity index is 1410. The summed E-state index contributed by atoms with van der Waals surface area (Å²) in [6.45, 7) is 0.641. The standard InChI is InChI=1S/C27H22FN5O2/c28-23-10-6-20(7-11-23)17-33-18-24(16-29-33)30-27(34)26-14-15-32(31-26)19-35-25-12-8-22(9-13-25)21-4-2-1-3-5-21/h1-16,18H,17,19H2,(H,30,34). The molecule has 2 aromatic heterocycles. The van der Waals surface area contributed by atoms with Gasteiger partial charge in [0.2, 0.25) is 0 Å². The van der Waals surface area contributed by atoms with Gasteiger partial charge in [-0.3, -0.25) is 9.48 Å². The Labute approximate surface area is 201 Å². The molecule has 2 heterocycles. The summed E-state index contributed by atoms with van der Waals surface area (Å²) in [6.07, 6.45) is 4.95. The summed E-state index contributed by atoms with van der Waals surface area (Å²) in [5.41, 5.74) is 3.96. The summed E-state index contributed by atoms with van der Waals surface area (Å²) in [6, 6.07) is 25.8. The lowest BCUT2D eigenvalue weighted by Gasteiger charge is -2.07. The Morgan fingerprint density at radius 2 is 1.63 bits per heavy atom. The Morgan fingerprint density at radius 1 is 0.886 bits per heavy atom. The van der Waals surface area contributed by atoms with Gasteiger partial charge in [0.25, 0.3) is 5.91 Å². The number of amides is 1. The Morgan fingerprint density at radius 3 is 2.40 bits per heavy atom. The van der Waals surface area contributed by atoms with E-state index in [1.807, 2.05) is 42.5 Å². The number of rotatable bonds is 8. The molecule has 5 rings (SSSR count). The van der Waals surface area contributed by atoms with Crippen molar-refractivity contribution in [3.8, 4) is 16.9 Å². The van der Waals surface area contributed by atoms with E-state index >= 15 is 0 Å². The molecule has 3 aromatic carbocycles. The maximum absolute atomic E-state index is 13.1.